The van der Waals surface area contributed by atoms with Crippen LogP contribution in [-0.4, -0.2) is 38.6 Å². The predicted molar refractivity (Wildman–Crippen MR) is 69.2 cm³/mol. The highest BCUT2D eigenvalue weighted by atomic mass is 15.1. The van der Waals surface area contributed by atoms with E-state index in [2.05, 4.69) is 59.1 Å². The van der Waals surface area contributed by atoms with Gasteiger partial charge in [-0.1, -0.05) is 27.7 Å². The first kappa shape index (κ1) is 14.9. The van der Waals surface area contributed by atoms with Crippen molar-refractivity contribution in [2.75, 3.05) is 27.7 Å². The molecule has 0 aromatic carbocycles. The van der Waals surface area contributed by atoms with Crippen LogP contribution in [0.1, 0.15) is 34.1 Å². The number of rotatable bonds is 7. The first-order valence-corrected chi connectivity index (χ1v) is 6.21. The normalized spacial score (nSPS) is 16.4. The molecule has 2 atom stereocenters. The Labute approximate surface area is 96.4 Å². The molecule has 0 saturated carbocycles. The van der Waals surface area contributed by atoms with Crippen LogP contribution < -0.4 is 5.32 Å². The average Bonchev–Trinajstić information content (AvgIpc) is 2.09. The molecule has 0 rings (SSSR count). The number of hydrogen-bond donors (Lipinski definition) is 1. The summed E-state index contributed by atoms with van der Waals surface area (Å²) in [6.45, 7) is 10.4. The van der Waals surface area contributed by atoms with Gasteiger partial charge in [0, 0.05) is 6.04 Å². The van der Waals surface area contributed by atoms with E-state index in [0.717, 1.165) is 24.3 Å². The fraction of sp³-hybridized carbons (Fsp3) is 1.00. The third-order valence-corrected chi connectivity index (χ3v) is 3.17. The van der Waals surface area contributed by atoms with Crippen molar-refractivity contribution in [3.05, 3.63) is 0 Å². The van der Waals surface area contributed by atoms with Gasteiger partial charge in [-0.2, -0.15) is 0 Å². The molecule has 2 heteroatoms. The molecule has 0 spiro atoms. The largest absolute Gasteiger partial charge is 0.319 e. The highest BCUT2D eigenvalue weighted by Gasteiger charge is 2.26. The van der Waals surface area contributed by atoms with Gasteiger partial charge in [0.15, 0.2) is 0 Å². The first-order chi connectivity index (χ1) is 6.90. The van der Waals surface area contributed by atoms with Crippen LogP contribution in [0.2, 0.25) is 0 Å². The van der Waals surface area contributed by atoms with Gasteiger partial charge in [0.2, 0.25) is 0 Å². The molecule has 1 N–H and O–H groups in total. The van der Waals surface area contributed by atoms with Crippen LogP contribution in [0.25, 0.3) is 0 Å². The Morgan fingerprint density at radius 1 is 1.07 bits per heavy atom. The molecule has 0 radical (unpaired) electrons. The molecule has 2 nitrogen and oxygen atoms in total. The first-order valence-electron chi connectivity index (χ1n) is 6.21. The molecule has 0 amide bonds. The minimum atomic E-state index is 0.692. The lowest BCUT2D eigenvalue weighted by atomic mass is 9.83. The average molecular weight is 214 g/mol. The van der Waals surface area contributed by atoms with Gasteiger partial charge in [-0.15, -0.1) is 0 Å². The Kier molecular flexibility index (Phi) is 7.20. The summed E-state index contributed by atoms with van der Waals surface area (Å²) in [6, 6.07) is 0.692. The predicted octanol–water partition coefficient (Wildman–Crippen LogP) is 2.45. The quantitative estimate of drug-likeness (QED) is 0.700. The summed E-state index contributed by atoms with van der Waals surface area (Å²) >= 11 is 0. The number of nitrogens with one attached hydrogen (secondary N) is 1. The fourth-order valence-electron chi connectivity index (χ4n) is 2.30. The molecule has 92 valence electrons. The molecule has 15 heavy (non-hydrogen) atoms. The lowest BCUT2D eigenvalue weighted by Gasteiger charge is -2.36. The Bertz CT molecular complexity index is 153. The summed E-state index contributed by atoms with van der Waals surface area (Å²) in [4.78, 5) is 2.39. The molecular formula is C13H30N2. The molecule has 0 aliphatic heterocycles. The summed E-state index contributed by atoms with van der Waals surface area (Å²) in [5, 5.41) is 3.33. The van der Waals surface area contributed by atoms with Gasteiger partial charge in [-0.3, -0.25) is 0 Å². The molecule has 0 aromatic rings. The second kappa shape index (κ2) is 7.24. The summed E-state index contributed by atoms with van der Waals surface area (Å²) in [5.41, 5.74) is 0. The van der Waals surface area contributed by atoms with Crippen molar-refractivity contribution in [3.8, 4) is 0 Å². The van der Waals surface area contributed by atoms with Crippen LogP contribution in [0.4, 0.5) is 0 Å². The second-order valence-corrected chi connectivity index (χ2v) is 5.63. The van der Waals surface area contributed by atoms with Crippen LogP contribution in [0, 0.1) is 17.8 Å². The van der Waals surface area contributed by atoms with E-state index in [1.54, 1.807) is 0 Å². The maximum Gasteiger partial charge on any atom is 0.0134 e. The second-order valence-electron chi connectivity index (χ2n) is 5.63. The van der Waals surface area contributed by atoms with Crippen molar-refractivity contribution in [3.63, 3.8) is 0 Å². The molecule has 2 unspecified atom stereocenters. The molecule has 0 aliphatic carbocycles. The van der Waals surface area contributed by atoms with Crippen LogP contribution in [0.15, 0.2) is 0 Å². The monoisotopic (exact) mass is 214 g/mol. The zero-order chi connectivity index (χ0) is 12.0. The number of nitrogens with zero attached hydrogens (tertiary/aromatic N) is 1. The highest BCUT2D eigenvalue weighted by Crippen LogP contribution is 2.23. The summed E-state index contributed by atoms with van der Waals surface area (Å²) in [7, 11) is 6.47. The van der Waals surface area contributed by atoms with E-state index in [9.17, 15) is 0 Å². The zero-order valence-electron chi connectivity index (χ0n) is 11.7. The minimum absolute atomic E-state index is 0.692. The van der Waals surface area contributed by atoms with Crippen LogP contribution in [-0.2, 0) is 0 Å². The third-order valence-electron chi connectivity index (χ3n) is 3.17. The van der Waals surface area contributed by atoms with Gasteiger partial charge in [0.1, 0.15) is 0 Å². The summed E-state index contributed by atoms with van der Waals surface area (Å²) < 4.78 is 0. The van der Waals surface area contributed by atoms with E-state index in [1.807, 2.05) is 0 Å². The van der Waals surface area contributed by atoms with E-state index in [4.69, 9.17) is 0 Å². The van der Waals surface area contributed by atoms with Crippen molar-refractivity contribution in [1.29, 1.82) is 0 Å². The van der Waals surface area contributed by atoms with Crippen molar-refractivity contribution < 1.29 is 0 Å². The minimum Gasteiger partial charge on any atom is -0.319 e. The van der Waals surface area contributed by atoms with Crippen molar-refractivity contribution in [2.24, 2.45) is 17.8 Å². The lowest BCUT2D eigenvalue weighted by molar-refractivity contribution is 0.145. The van der Waals surface area contributed by atoms with E-state index >= 15 is 0 Å². The Balaban J connectivity index is 4.52. The van der Waals surface area contributed by atoms with Crippen molar-refractivity contribution >= 4 is 0 Å². The van der Waals surface area contributed by atoms with E-state index in [1.165, 1.54) is 6.42 Å². The maximum absolute atomic E-state index is 3.33. The van der Waals surface area contributed by atoms with Crippen molar-refractivity contribution in [2.45, 2.75) is 40.2 Å². The standard InChI is InChI=1S/C13H30N2/c1-10(2)8-13(15(6)7)12(9-14-5)11(3)4/h10-14H,8-9H2,1-7H3. The molecule has 0 fully saturated rings. The summed E-state index contributed by atoms with van der Waals surface area (Å²) in [6.07, 6.45) is 1.29. The SMILES string of the molecule is CNCC(C(C)C)C(CC(C)C)N(C)C. The lowest BCUT2D eigenvalue weighted by Crippen LogP contribution is -2.43. The molecule has 0 aromatic heterocycles. The Morgan fingerprint density at radius 3 is 1.87 bits per heavy atom. The Morgan fingerprint density at radius 2 is 1.60 bits per heavy atom. The van der Waals surface area contributed by atoms with E-state index in [-0.39, 0.29) is 0 Å². The van der Waals surface area contributed by atoms with Crippen LogP contribution >= 0.6 is 0 Å². The zero-order valence-corrected chi connectivity index (χ0v) is 11.7. The van der Waals surface area contributed by atoms with E-state index < -0.39 is 0 Å². The molecule has 0 bridgehead atoms. The van der Waals surface area contributed by atoms with Crippen LogP contribution in [0.5, 0.6) is 0 Å². The van der Waals surface area contributed by atoms with Gasteiger partial charge in [-0.25, -0.2) is 0 Å². The molecule has 0 saturated heterocycles. The third kappa shape index (κ3) is 5.53. The highest BCUT2D eigenvalue weighted by molar-refractivity contribution is 4.80. The van der Waals surface area contributed by atoms with Gasteiger partial charge in [0.25, 0.3) is 0 Å². The number of hydrogen-bond acceptors (Lipinski definition) is 2. The molecule has 0 heterocycles. The smallest absolute Gasteiger partial charge is 0.0134 e. The Hall–Kier alpha value is -0.0800. The fourth-order valence-corrected chi connectivity index (χ4v) is 2.30. The van der Waals surface area contributed by atoms with E-state index in [0.29, 0.717) is 6.04 Å². The van der Waals surface area contributed by atoms with Gasteiger partial charge in [-0.05, 0) is 51.9 Å². The maximum atomic E-state index is 3.33. The van der Waals surface area contributed by atoms with Gasteiger partial charge < -0.3 is 10.2 Å². The van der Waals surface area contributed by atoms with Crippen molar-refractivity contribution in [1.82, 2.24) is 10.2 Å². The van der Waals surface area contributed by atoms with Gasteiger partial charge in [0.05, 0.1) is 0 Å². The topological polar surface area (TPSA) is 15.3 Å². The summed E-state index contributed by atoms with van der Waals surface area (Å²) in [5.74, 6) is 2.26. The van der Waals surface area contributed by atoms with Gasteiger partial charge >= 0.3 is 0 Å². The molecule has 0 aliphatic rings. The molecular weight excluding hydrogens is 184 g/mol. The van der Waals surface area contributed by atoms with Crippen LogP contribution in [0.3, 0.4) is 0 Å².